The Labute approximate surface area is 179 Å². The third kappa shape index (κ3) is 7.06. The molecule has 1 aromatic carbocycles. The van der Waals surface area contributed by atoms with Crippen molar-refractivity contribution in [3.8, 4) is 5.75 Å². The van der Waals surface area contributed by atoms with E-state index in [9.17, 15) is 9.90 Å². The number of carbonyl (C=O) groups is 1. The Morgan fingerprint density at radius 3 is 2.46 bits per heavy atom. The van der Waals surface area contributed by atoms with Gasteiger partial charge in [-0.05, 0) is 25.0 Å². The predicted octanol–water partition coefficient (Wildman–Crippen LogP) is 0.920. The van der Waals surface area contributed by atoms with E-state index in [0.717, 1.165) is 31.7 Å². The number of aliphatic hydroxyl groups excluding tert-OH is 1. The van der Waals surface area contributed by atoms with Gasteiger partial charge in [0.05, 0.1) is 6.10 Å². The first-order valence-electron chi connectivity index (χ1n) is 9.38. The van der Waals surface area contributed by atoms with Gasteiger partial charge < -0.3 is 25.2 Å². The second-order valence-corrected chi connectivity index (χ2v) is 6.96. The van der Waals surface area contributed by atoms with Gasteiger partial charge in [0.2, 0.25) is 0 Å². The van der Waals surface area contributed by atoms with Gasteiger partial charge in [-0.15, -0.1) is 24.8 Å². The number of amides is 1. The van der Waals surface area contributed by atoms with Crippen LogP contribution in [0.5, 0.6) is 5.75 Å². The number of ether oxygens (including phenoxy) is 2. The van der Waals surface area contributed by atoms with E-state index in [1.54, 1.807) is 0 Å². The quantitative estimate of drug-likeness (QED) is 0.661. The highest BCUT2D eigenvalue weighted by molar-refractivity contribution is 5.85. The molecule has 0 bridgehead atoms. The molecular weight excluding hydrogens is 405 g/mol. The van der Waals surface area contributed by atoms with E-state index in [0.29, 0.717) is 26.2 Å². The van der Waals surface area contributed by atoms with Crippen LogP contribution in [0.3, 0.4) is 0 Å². The van der Waals surface area contributed by atoms with Crippen molar-refractivity contribution >= 4 is 30.7 Å². The van der Waals surface area contributed by atoms with Gasteiger partial charge in [-0.1, -0.05) is 18.2 Å². The van der Waals surface area contributed by atoms with E-state index in [4.69, 9.17) is 15.2 Å². The monoisotopic (exact) mass is 435 g/mol. The second-order valence-electron chi connectivity index (χ2n) is 6.96. The van der Waals surface area contributed by atoms with Gasteiger partial charge in [-0.25, -0.2) is 0 Å². The lowest BCUT2D eigenvalue weighted by molar-refractivity contribution is -0.144. The summed E-state index contributed by atoms with van der Waals surface area (Å²) in [5.41, 5.74) is 5.61. The highest BCUT2D eigenvalue weighted by Crippen LogP contribution is 2.21. The third-order valence-electron chi connectivity index (χ3n) is 4.98. The summed E-state index contributed by atoms with van der Waals surface area (Å²) in [6.45, 7) is 4.11. The van der Waals surface area contributed by atoms with Crippen molar-refractivity contribution in [1.82, 2.24) is 9.80 Å². The maximum absolute atomic E-state index is 12.5. The first-order chi connectivity index (χ1) is 12.7. The topological polar surface area (TPSA) is 88.3 Å². The zero-order valence-corrected chi connectivity index (χ0v) is 17.6. The summed E-state index contributed by atoms with van der Waals surface area (Å²) >= 11 is 0. The van der Waals surface area contributed by atoms with Crippen LogP contribution in [0, 0.1) is 0 Å². The molecule has 3 N–H and O–H groups in total. The van der Waals surface area contributed by atoms with E-state index in [-0.39, 0.29) is 49.5 Å². The number of nitrogens with two attached hydrogens (primary N) is 1. The van der Waals surface area contributed by atoms with Crippen LogP contribution in [0.4, 0.5) is 0 Å². The van der Waals surface area contributed by atoms with E-state index in [1.807, 2.05) is 35.2 Å². The highest BCUT2D eigenvalue weighted by Gasteiger charge is 2.34. The van der Waals surface area contributed by atoms with Gasteiger partial charge in [0, 0.05) is 39.3 Å². The van der Waals surface area contributed by atoms with Crippen molar-refractivity contribution in [2.24, 2.45) is 5.73 Å². The molecule has 0 spiro atoms. The molecule has 0 aliphatic carbocycles. The fourth-order valence-corrected chi connectivity index (χ4v) is 3.48. The molecule has 2 saturated heterocycles. The number of benzene rings is 1. The molecule has 0 saturated carbocycles. The van der Waals surface area contributed by atoms with Gasteiger partial charge in [-0.3, -0.25) is 9.69 Å². The normalized spacial score (nSPS) is 23.4. The molecule has 28 heavy (non-hydrogen) atoms. The first kappa shape index (κ1) is 24.9. The van der Waals surface area contributed by atoms with Gasteiger partial charge in [-0.2, -0.15) is 0 Å². The third-order valence-corrected chi connectivity index (χ3v) is 4.98. The number of carbonyl (C=O) groups excluding carboxylic acids is 1. The summed E-state index contributed by atoms with van der Waals surface area (Å²) < 4.78 is 11.3. The van der Waals surface area contributed by atoms with Crippen LogP contribution < -0.4 is 10.5 Å². The number of hydrogen-bond donors (Lipinski definition) is 2. The Kier molecular flexibility index (Phi) is 11.1. The van der Waals surface area contributed by atoms with Crippen molar-refractivity contribution in [2.75, 3.05) is 45.9 Å². The van der Waals surface area contributed by atoms with Crippen LogP contribution in [0.15, 0.2) is 30.3 Å². The first-order valence-corrected chi connectivity index (χ1v) is 9.38. The number of nitrogens with zero attached hydrogens (tertiary/aromatic N) is 2. The average molecular weight is 436 g/mol. The van der Waals surface area contributed by atoms with Gasteiger partial charge >= 0.3 is 0 Å². The van der Waals surface area contributed by atoms with Gasteiger partial charge in [0.1, 0.15) is 24.6 Å². The van der Waals surface area contributed by atoms with Crippen LogP contribution >= 0.6 is 24.8 Å². The lowest BCUT2D eigenvalue weighted by Crippen LogP contribution is -2.53. The Balaban J connectivity index is 0.00000196. The summed E-state index contributed by atoms with van der Waals surface area (Å²) in [7, 11) is 0. The maximum Gasteiger partial charge on any atom is 0.251 e. The number of halogens is 2. The summed E-state index contributed by atoms with van der Waals surface area (Å²) in [5, 5.41) is 10.2. The highest BCUT2D eigenvalue weighted by atomic mass is 35.5. The zero-order chi connectivity index (χ0) is 18.4. The molecule has 0 radical (unpaired) electrons. The van der Waals surface area contributed by atoms with Crippen LogP contribution in [0.25, 0.3) is 0 Å². The van der Waals surface area contributed by atoms with Crippen molar-refractivity contribution in [3.05, 3.63) is 30.3 Å². The SMILES string of the molecule is Cl.Cl.NC[C@H]1CC[C@@H](C(=O)N2CCN(CC(O)COc3ccccc3)CC2)O1. The lowest BCUT2D eigenvalue weighted by Gasteiger charge is -2.36. The molecule has 0 aromatic heterocycles. The second kappa shape index (κ2) is 12.5. The molecule has 2 aliphatic heterocycles. The molecule has 3 rings (SSSR count). The Morgan fingerprint density at radius 2 is 1.86 bits per heavy atom. The Bertz CT molecular complexity index is 574. The number of rotatable bonds is 7. The molecule has 3 atom stereocenters. The number of piperazine rings is 1. The van der Waals surface area contributed by atoms with E-state index in [2.05, 4.69) is 4.90 Å². The lowest BCUT2D eigenvalue weighted by atomic mass is 10.1. The molecule has 1 aromatic rings. The zero-order valence-electron chi connectivity index (χ0n) is 15.9. The molecular formula is C19H31Cl2N3O4. The average Bonchev–Trinajstić information content (AvgIpc) is 3.16. The minimum atomic E-state index is -0.555. The van der Waals surface area contributed by atoms with Gasteiger partial charge in [0.15, 0.2) is 0 Å². The smallest absolute Gasteiger partial charge is 0.251 e. The molecule has 1 amide bonds. The molecule has 7 nitrogen and oxygen atoms in total. The van der Waals surface area contributed by atoms with E-state index < -0.39 is 6.10 Å². The van der Waals surface area contributed by atoms with Crippen molar-refractivity contribution in [3.63, 3.8) is 0 Å². The largest absolute Gasteiger partial charge is 0.491 e. The molecule has 2 heterocycles. The van der Waals surface area contributed by atoms with Gasteiger partial charge in [0.25, 0.3) is 5.91 Å². The number of para-hydroxylation sites is 1. The van der Waals surface area contributed by atoms with Crippen LogP contribution in [-0.4, -0.2) is 85.0 Å². The number of β-amino-alcohol motifs (C(OH)–C–C–N with tert-alkyl or cyclic N) is 1. The van der Waals surface area contributed by atoms with E-state index in [1.165, 1.54) is 0 Å². The Hall–Kier alpha value is -1.09. The summed E-state index contributed by atoms with van der Waals surface area (Å²) in [4.78, 5) is 16.6. The fraction of sp³-hybridized carbons (Fsp3) is 0.632. The summed E-state index contributed by atoms with van der Waals surface area (Å²) in [6.07, 6.45) is 0.752. The van der Waals surface area contributed by atoms with Crippen molar-refractivity contribution in [2.45, 2.75) is 31.2 Å². The fourth-order valence-electron chi connectivity index (χ4n) is 3.48. The van der Waals surface area contributed by atoms with Crippen LogP contribution in [-0.2, 0) is 9.53 Å². The molecule has 2 fully saturated rings. The molecule has 2 aliphatic rings. The maximum atomic E-state index is 12.5. The summed E-state index contributed by atoms with van der Waals surface area (Å²) in [5.74, 6) is 0.836. The summed E-state index contributed by atoms with van der Waals surface area (Å²) in [6, 6.07) is 9.48. The van der Waals surface area contributed by atoms with Crippen molar-refractivity contribution < 1.29 is 19.4 Å². The number of hydrogen-bond acceptors (Lipinski definition) is 6. The number of aliphatic hydroxyl groups is 1. The van der Waals surface area contributed by atoms with Crippen LogP contribution in [0.2, 0.25) is 0 Å². The Morgan fingerprint density at radius 1 is 1.18 bits per heavy atom. The molecule has 160 valence electrons. The molecule has 1 unspecified atom stereocenters. The standard InChI is InChI=1S/C19H29N3O4.2ClH/c20-12-17-6-7-18(26-17)19(24)22-10-8-21(9-11-22)13-15(23)14-25-16-4-2-1-3-5-16;;/h1-5,15,17-18,23H,6-14,20H2;2*1H/t15?,17-,18+;;/m1../s1. The predicted molar refractivity (Wildman–Crippen MR) is 112 cm³/mol. The van der Waals surface area contributed by atoms with E-state index >= 15 is 0 Å². The van der Waals surface area contributed by atoms with Crippen LogP contribution in [0.1, 0.15) is 12.8 Å². The molecule has 9 heteroatoms. The minimum absolute atomic E-state index is 0. The van der Waals surface area contributed by atoms with Crippen molar-refractivity contribution in [1.29, 1.82) is 0 Å². The minimum Gasteiger partial charge on any atom is -0.491 e.